The minimum atomic E-state index is -0.330. The molecule has 0 bridgehead atoms. The molecule has 0 amide bonds. The molecule has 0 saturated carbocycles. The molecule has 154 valence electrons. The second kappa shape index (κ2) is 8.69. The number of rotatable bonds is 7. The van der Waals surface area contributed by atoms with E-state index in [1.165, 1.54) is 0 Å². The number of ether oxygens (including phenoxy) is 1. The van der Waals surface area contributed by atoms with Crippen molar-refractivity contribution >= 4 is 21.7 Å². The quantitative estimate of drug-likeness (QED) is 0.368. The van der Waals surface area contributed by atoms with Crippen molar-refractivity contribution in [1.29, 1.82) is 0 Å². The summed E-state index contributed by atoms with van der Waals surface area (Å²) in [5.74, 6) is 0.870. The molecule has 0 aliphatic carbocycles. The third-order valence-electron chi connectivity index (χ3n) is 5.49. The largest absolute Gasteiger partial charge is 0.496 e. The van der Waals surface area contributed by atoms with Crippen LogP contribution in [0.3, 0.4) is 0 Å². The topological polar surface area (TPSA) is 54.7 Å². The van der Waals surface area contributed by atoms with E-state index in [0.29, 0.717) is 18.7 Å². The molecule has 0 spiro atoms. The van der Waals surface area contributed by atoms with E-state index in [9.17, 15) is 4.79 Å². The average Bonchev–Trinajstić information content (AvgIpc) is 2.76. The van der Waals surface area contributed by atoms with E-state index in [1.54, 1.807) is 13.2 Å². The molecular formula is C25H26N2O3. The van der Waals surface area contributed by atoms with Crippen molar-refractivity contribution in [3.63, 3.8) is 0 Å². The van der Waals surface area contributed by atoms with E-state index < -0.39 is 0 Å². The van der Waals surface area contributed by atoms with Crippen molar-refractivity contribution in [2.45, 2.75) is 12.6 Å². The van der Waals surface area contributed by atoms with Crippen LogP contribution in [-0.2, 0) is 6.54 Å². The van der Waals surface area contributed by atoms with Crippen LogP contribution in [0.2, 0.25) is 0 Å². The summed E-state index contributed by atoms with van der Waals surface area (Å²) in [6.45, 7) is 1.27. The molecule has 4 aromatic rings. The molecular weight excluding hydrogens is 376 g/mol. The summed E-state index contributed by atoms with van der Waals surface area (Å²) in [5.41, 5.74) is 2.35. The fourth-order valence-corrected chi connectivity index (χ4v) is 4.02. The van der Waals surface area contributed by atoms with Crippen molar-refractivity contribution < 1.29 is 9.15 Å². The van der Waals surface area contributed by atoms with Crippen molar-refractivity contribution in [2.75, 3.05) is 27.7 Å². The zero-order valence-electron chi connectivity index (χ0n) is 17.5. The van der Waals surface area contributed by atoms with E-state index in [1.807, 2.05) is 42.5 Å². The molecule has 0 aliphatic heterocycles. The summed E-state index contributed by atoms with van der Waals surface area (Å²) in [5, 5.41) is 6.74. The van der Waals surface area contributed by atoms with Crippen molar-refractivity contribution in [3.8, 4) is 5.75 Å². The van der Waals surface area contributed by atoms with Crippen LogP contribution < -0.4 is 15.7 Å². The van der Waals surface area contributed by atoms with Gasteiger partial charge in [0.25, 0.3) is 0 Å². The number of para-hydroxylation sites is 1. The Balaban J connectivity index is 1.64. The number of hydrogen-bond donors (Lipinski definition) is 1. The molecule has 1 aromatic heterocycles. The molecule has 5 heteroatoms. The van der Waals surface area contributed by atoms with Crippen LogP contribution in [0.5, 0.6) is 5.75 Å². The second-order valence-corrected chi connectivity index (χ2v) is 7.60. The highest BCUT2D eigenvalue weighted by molar-refractivity contribution is 6.07. The Morgan fingerprint density at radius 2 is 1.80 bits per heavy atom. The second-order valence-electron chi connectivity index (χ2n) is 7.60. The van der Waals surface area contributed by atoms with Crippen molar-refractivity contribution in [1.82, 2.24) is 10.2 Å². The lowest BCUT2D eigenvalue weighted by Crippen LogP contribution is -2.31. The first-order chi connectivity index (χ1) is 14.6. The van der Waals surface area contributed by atoms with Gasteiger partial charge < -0.3 is 19.4 Å². The molecule has 0 radical (unpaired) electrons. The minimum Gasteiger partial charge on any atom is -0.496 e. The van der Waals surface area contributed by atoms with Crippen LogP contribution in [0.4, 0.5) is 0 Å². The number of benzene rings is 3. The molecule has 1 heterocycles. The summed E-state index contributed by atoms with van der Waals surface area (Å²) in [6.07, 6.45) is 0. The Kier molecular flexibility index (Phi) is 5.84. The zero-order chi connectivity index (χ0) is 21.1. The summed E-state index contributed by atoms with van der Waals surface area (Å²) in [6, 6.07) is 21.8. The smallest absolute Gasteiger partial charge is 0.336 e. The number of likely N-dealkylation sites (N-methyl/N-ethyl adjacent to an activating group) is 1. The maximum Gasteiger partial charge on any atom is 0.336 e. The van der Waals surface area contributed by atoms with Gasteiger partial charge in [0.2, 0.25) is 0 Å². The highest BCUT2D eigenvalue weighted by Crippen LogP contribution is 2.29. The Morgan fingerprint density at radius 3 is 2.60 bits per heavy atom. The number of nitrogens with one attached hydrogen (secondary N) is 1. The Morgan fingerprint density at radius 1 is 1.03 bits per heavy atom. The van der Waals surface area contributed by atoms with Gasteiger partial charge in [-0.3, -0.25) is 0 Å². The summed E-state index contributed by atoms with van der Waals surface area (Å²) < 4.78 is 11.0. The molecule has 1 N–H and O–H groups in total. The highest BCUT2D eigenvalue weighted by Gasteiger charge is 2.18. The van der Waals surface area contributed by atoms with Crippen molar-refractivity contribution in [3.05, 3.63) is 88.3 Å². The monoisotopic (exact) mass is 402 g/mol. The van der Waals surface area contributed by atoms with Crippen LogP contribution in [0.25, 0.3) is 21.7 Å². The first kappa shape index (κ1) is 20.1. The van der Waals surface area contributed by atoms with Crippen LogP contribution in [-0.4, -0.2) is 32.6 Å². The third kappa shape index (κ3) is 3.95. The first-order valence-electron chi connectivity index (χ1n) is 10.0. The molecule has 1 atom stereocenters. The molecule has 3 aromatic carbocycles. The van der Waals surface area contributed by atoms with Gasteiger partial charge in [-0.25, -0.2) is 4.79 Å². The summed E-state index contributed by atoms with van der Waals surface area (Å²) >= 11 is 0. The third-order valence-corrected chi connectivity index (χ3v) is 5.49. The Labute approximate surface area is 175 Å². The van der Waals surface area contributed by atoms with Crippen LogP contribution >= 0.6 is 0 Å². The zero-order valence-corrected chi connectivity index (χ0v) is 17.5. The fourth-order valence-electron chi connectivity index (χ4n) is 4.02. The van der Waals surface area contributed by atoms with E-state index in [-0.39, 0.29) is 11.7 Å². The van der Waals surface area contributed by atoms with Crippen LogP contribution in [0.15, 0.2) is 75.9 Å². The van der Waals surface area contributed by atoms with Gasteiger partial charge in [-0.05, 0) is 42.6 Å². The molecule has 0 aliphatic rings. The lowest BCUT2D eigenvalue weighted by Gasteiger charge is -2.26. The van der Waals surface area contributed by atoms with Gasteiger partial charge in [-0.2, -0.15) is 0 Å². The fraction of sp³-hybridized carbons (Fsp3) is 0.240. The van der Waals surface area contributed by atoms with Gasteiger partial charge in [0.15, 0.2) is 0 Å². The number of hydrogen-bond acceptors (Lipinski definition) is 5. The maximum absolute atomic E-state index is 12.1. The lowest BCUT2D eigenvalue weighted by molar-refractivity contribution is 0.279. The molecule has 0 saturated heterocycles. The number of fused-ring (bicyclic) bond motifs is 3. The molecule has 0 unspecified atom stereocenters. The minimum absolute atomic E-state index is 0.129. The van der Waals surface area contributed by atoms with Crippen LogP contribution in [0, 0.1) is 0 Å². The van der Waals surface area contributed by atoms with Crippen LogP contribution in [0.1, 0.15) is 17.2 Å². The Hall–Kier alpha value is -3.15. The van der Waals surface area contributed by atoms with Gasteiger partial charge in [0, 0.05) is 30.1 Å². The van der Waals surface area contributed by atoms with Gasteiger partial charge in [0.05, 0.1) is 13.2 Å². The van der Waals surface area contributed by atoms with E-state index in [0.717, 1.165) is 33.0 Å². The first-order valence-corrected chi connectivity index (χ1v) is 10.0. The standard InChI is InChI=1S/C25H26N2O3/c1-27(2)21(20-10-6-7-11-22(20)29-3)16-26-15-18-14-24(28)30-23-13-12-17-8-4-5-9-19(17)25(18)23/h4-14,21,26H,15-16H2,1-3H3/t21-/m1/s1. The van der Waals surface area contributed by atoms with Crippen molar-refractivity contribution in [2.24, 2.45) is 0 Å². The van der Waals surface area contributed by atoms with E-state index >= 15 is 0 Å². The normalized spacial score (nSPS) is 12.5. The summed E-state index contributed by atoms with van der Waals surface area (Å²) in [7, 11) is 5.80. The SMILES string of the molecule is COc1ccccc1[C@@H](CNCc1cc(=O)oc2ccc3ccccc3c12)N(C)C. The van der Waals surface area contributed by atoms with Gasteiger partial charge in [-0.1, -0.05) is 48.5 Å². The average molecular weight is 402 g/mol. The number of nitrogens with zero attached hydrogens (tertiary/aromatic N) is 1. The predicted molar refractivity (Wildman–Crippen MR) is 121 cm³/mol. The molecule has 30 heavy (non-hydrogen) atoms. The maximum atomic E-state index is 12.1. The lowest BCUT2D eigenvalue weighted by atomic mass is 10.0. The van der Waals surface area contributed by atoms with Gasteiger partial charge >= 0.3 is 5.63 Å². The van der Waals surface area contributed by atoms with Gasteiger partial charge in [-0.15, -0.1) is 0 Å². The molecule has 0 fully saturated rings. The van der Waals surface area contributed by atoms with E-state index in [4.69, 9.17) is 9.15 Å². The molecule has 4 rings (SSSR count). The molecule has 5 nitrogen and oxygen atoms in total. The highest BCUT2D eigenvalue weighted by atomic mass is 16.5. The summed E-state index contributed by atoms with van der Waals surface area (Å²) in [4.78, 5) is 14.3. The number of methoxy groups -OCH3 is 1. The van der Waals surface area contributed by atoms with Gasteiger partial charge in [0.1, 0.15) is 11.3 Å². The van der Waals surface area contributed by atoms with E-state index in [2.05, 4.69) is 42.5 Å². The Bertz CT molecular complexity index is 1230. The predicted octanol–water partition coefficient (Wildman–Crippen LogP) is 4.35.